The van der Waals surface area contributed by atoms with Crippen molar-refractivity contribution in [2.75, 3.05) is 17.8 Å². The number of nitrogens with two attached hydrogens (primary N) is 1. The zero-order valence-electron chi connectivity index (χ0n) is 11.4. The van der Waals surface area contributed by atoms with Crippen molar-refractivity contribution >= 4 is 11.8 Å². The molecule has 0 amide bonds. The third kappa shape index (κ3) is 2.45. The molecule has 1 aromatic heterocycles. The van der Waals surface area contributed by atoms with Gasteiger partial charge in [-0.2, -0.15) is 4.98 Å². The van der Waals surface area contributed by atoms with Crippen LogP contribution in [-0.2, 0) is 0 Å². The van der Waals surface area contributed by atoms with Gasteiger partial charge in [-0.1, -0.05) is 0 Å². The van der Waals surface area contributed by atoms with Crippen molar-refractivity contribution in [1.29, 1.82) is 0 Å². The number of hydrogen-bond acceptors (Lipinski definition) is 6. The quantitative estimate of drug-likeness (QED) is 0.892. The minimum absolute atomic E-state index is 0.239. The van der Waals surface area contributed by atoms with Crippen molar-refractivity contribution in [3.63, 3.8) is 0 Å². The van der Waals surface area contributed by atoms with Gasteiger partial charge in [0.1, 0.15) is 5.82 Å². The van der Waals surface area contributed by atoms with Crippen LogP contribution in [0.1, 0.15) is 13.8 Å². The molecule has 20 heavy (non-hydrogen) atoms. The molecule has 0 spiro atoms. The predicted octanol–water partition coefficient (Wildman–Crippen LogP) is 2.27. The number of nitrogen functional groups attached to an aromatic ring is 1. The van der Waals surface area contributed by atoms with Crippen molar-refractivity contribution in [2.24, 2.45) is 0 Å². The third-order valence-electron chi connectivity index (χ3n) is 2.85. The van der Waals surface area contributed by atoms with Crippen LogP contribution in [0.2, 0.25) is 0 Å². The Morgan fingerprint density at radius 1 is 1.15 bits per heavy atom. The molecule has 0 bridgehead atoms. The van der Waals surface area contributed by atoms with E-state index in [0.717, 1.165) is 22.8 Å². The Labute approximate surface area is 116 Å². The van der Waals surface area contributed by atoms with E-state index in [1.54, 1.807) is 0 Å². The molecule has 104 valence electrons. The molecule has 0 unspecified atom stereocenters. The van der Waals surface area contributed by atoms with E-state index in [0.29, 0.717) is 5.82 Å². The SMILES string of the molecule is CC(C)Nc1cc(-c2ccc3c(c2)OCO3)nc(N)n1. The zero-order valence-corrected chi connectivity index (χ0v) is 11.4. The van der Waals surface area contributed by atoms with Crippen molar-refractivity contribution in [1.82, 2.24) is 9.97 Å². The first kappa shape index (κ1) is 12.5. The Balaban J connectivity index is 1.99. The lowest BCUT2D eigenvalue weighted by atomic mass is 10.1. The maximum Gasteiger partial charge on any atom is 0.231 e. The summed E-state index contributed by atoms with van der Waals surface area (Å²) in [6.07, 6.45) is 0. The van der Waals surface area contributed by atoms with E-state index >= 15 is 0 Å². The topological polar surface area (TPSA) is 82.3 Å². The molecular formula is C14H16N4O2. The van der Waals surface area contributed by atoms with E-state index in [1.807, 2.05) is 38.1 Å². The summed E-state index contributed by atoms with van der Waals surface area (Å²) in [6, 6.07) is 7.82. The Morgan fingerprint density at radius 3 is 2.75 bits per heavy atom. The lowest BCUT2D eigenvalue weighted by Crippen LogP contribution is -2.12. The first-order chi connectivity index (χ1) is 9.61. The minimum atomic E-state index is 0.239. The standard InChI is InChI=1S/C14H16N4O2/c1-8(2)16-13-6-10(17-14(15)18-13)9-3-4-11-12(5-9)20-7-19-11/h3-6,8H,7H2,1-2H3,(H3,15,16,17,18). The van der Waals surface area contributed by atoms with Gasteiger partial charge in [-0.25, -0.2) is 4.98 Å². The largest absolute Gasteiger partial charge is 0.454 e. The summed E-state index contributed by atoms with van der Waals surface area (Å²) < 4.78 is 10.7. The van der Waals surface area contributed by atoms with E-state index in [4.69, 9.17) is 15.2 Å². The van der Waals surface area contributed by atoms with E-state index in [2.05, 4.69) is 15.3 Å². The number of ether oxygens (including phenoxy) is 2. The van der Waals surface area contributed by atoms with Gasteiger partial charge in [0.2, 0.25) is 12.7 Å². The maximum absolute atomic E-state index is 5.77. The second-order valence-electron chi connectivity index (χ2n) is 4.86. The van der Waals surface area contributed by atoms with Gasteiger partial charge in [-0.15, -0.1) is 0 Å². The molecule has 6 heteroatoms. The summed E-state index contributed by atoms with van der Waals surface area (Å²) in [6.45, 7) is 4.34. The Bertz CT molecular complexity index is 643. The highest BCUT2D eigenvalue weighted by Crippen LogP contribution is 2.35. The summed E-state index contributed by atoms with van der Waals surface area (Å²) in [4.78, 5) is 8.44. The second-order valence-corrected chi connectivity index (χ2v) is 4.86. The molecule has 2 heterocycles. The fourth-order valence-electron chi connectivity index (χ4n) is 2.04. The van der Waals surface area contributed by atoms with E-state index in [1.165, 1.54) is 0 Å². The molecule has 6 nitrogen and oxygen atoms in total. The molecule has 3 N–H and O–H groups in total. The van der Waals surface area contributed by atoms with Gasteiger partial charge in [0.15, 0.2) is 11.5 Å². The fourth-order valence-corrected chi connectivity index (χ4v) is 2.04. The summed E-state index contributed by atoms with van der Waals surface area (Å²) in [5.74, 6) is 2.41. The first-order valence-corrected chi connectivity index (χ1v) is 6.43. The molecule has 0 atom stereocenters. The molecule has 0 aliphatic carbocycles. The van der Waals surface area contributed by atoms with Crippen LogP contribution in [-0.4, -0.2) is 22.8 Å². The van der Waals surface area contributed by atoms with Gasteiger partial charge in [0.25, 0.3) is 0 Å². The van der Waals surface area contributed by atoms with Crippen molar-refractivity contribution in [2.45, 2.75) is 19.9 Å². The summed E-state index contributed by atoms with van der Waals surface area (Å²) in [5.41, 5.74) is 7.43. The molecule has 1 aromatic carbocycles. The van der Waals surface area contributed by atoms with E-state index in [-0.39, 0.29) is 18.8 Å². The van der Waals surface area contributed by atoms with Gasteiger partial charge >= 0.3 is 0 Å². The molecule has 0 saturated carbocycles. The van der Waals surface area contributed by atoms with Gasteiger partial charge < -0.3 is 20.5 Å². The molecule has 1 aliphatic rings. The summed E-state index contributed by atoms with van der Waals surface area (Å²) in [7, 11) is 0. The number of anilines is 2. The number of aromatic nitrogens is 2. The summed E-state index contributed by atoms with van der Waals surface area (Å²) in [5, 5.41) is 3.22. The molecule has 0 radical (unpaired) electrons. The number of hydrogen-bond donors (Lipinski definition) is 2. The average Bonchev–Trinajstić information content (AvgIpc) is 2.84. The lowest BCUT2D eigenvalue weighted by Gasteiger charge is -2.11. The van der Waals surface area contributed by atoms with Crippen LogP contribution in [0.5, 0.6) is 11.5 Å². The second kappa shape index (κ2) is 4.88. The molecule has 0 fully saturated rings. The van der Waals surface area contributed by atoms with Gasteiger partial charge in [-0.3, -0.25) is 0 Å². The molecule has 3 rings (SSSR count). The van der Waals surface area contributed by atoms with Gasteiger partial charge in [-0.05, 0) is 32.0 Å². The smallest absolute Gasteiger partial charge is 0.231 e. The van der Waals surface area contributed by atoms with Crippen molar-refractivity contribution in [3.05, 3.63) is 24.3 Å². The van der Waals surface area contributed by atoms with Crippen LogP contribution in [0.25, 0.3) is 11.3 Å². The highest BCUT2D eigenvalue weighted by Gasteiger charge is 2.15. The van der Waals surface area contributed by atoms with E-state index < -0.39 is 0 Å². The van der Waals surface area contributed by atoms with Gasteiger partial charge in [0, 0.05) is 17.7 Å². The van der Waals surface area contributed by atoms with Crippen LogP contribution >= 0.6 is 0 Å². The zero-order chi connectivity index (χ0) is 14.1. The first-order valence-electron chi connectivity index (χ1n) is 6.43. The minimum Gasteiger partial charge on any atom is -0.454 e. The summed E-state index contributed by atoms with van der Waals surface area (Å²) >= 11 is 0. The molecule has 0 saturated heterocycles. The molecule has 1 aliphatic heterocycles. The predicted molar refractivity (Wildman–Crippen MR) is 76.8 cm³/mol. The fraction of sp³-hybridized carbons (Fsp3) is 0.286. The lowest BCUT2D eigenvalue weighted by molar-refractivity contribution is 0.174. The molecule has 2 aromatic rings. The number of fused-ring (bicyclic) bond motifs is 1. The number of benzene rings is 1. The third-order valence-corrected chi connectivity index (χ3v) is 2.85. The van der Waals surface area contributed by atoms with Crippen LogP contribution < -0.4 is 20.5 Å². The van der Waals surface area contributed by atoms with Crippen LogP contribution in [0.4, 0.5) is 11.8 Å². The van der Waals surface area contributed by atoms with Crippen LogP contribution in [0.3, 0.4) is 0 Å². The Hall–Kier alpha value is -2.50. The van der Waals surface area contributed by atoms with Crippen molar-refractivity contribution in [3.8, 4) is 22.8 Å². The van der Waals surface area contributed by atoms with Crippen LogP contribution in [0, 0.1) is 0 Å². The number of rotatable bonds is 3. The van der Waals surface area contributed by atoms with Gasteiger partial charge in [0.05, 0.1) is 5.69 Å². The normalized spacial score (nSPS) is 12.8. The Morgan fingerprint density at radius 2 is 1.95 bits per heavy atom. The highest BCUT2D eigenvalue weighted by atomic mass is 16.7. The van der Waals surface area contributed by atoms with E-state index in [9.17, 15) is 0 Å². The number of nitrogens with zero attached hydrogens (tertiary/aromatic N) is 2. The molecular weight excluding hydrogens is 256 g/mol. The number of nitrogens with one attached hydrogen (secondary N) is 1. The Kier molecular flexibility index (Phi) is 3.06. The monoisotopic (exact) mass is 272 g/mol. The van der Waals surface area contributed by atoms with Crippen LogP contribution in [0.15, 0.2) is 24.3 Å². The van der Waals surface area contributed by atoms with Crippen molar-refractivity contribution < 1.29 is 9.47 Å². The highest BCUT2D eigenvalue weighted by molar-refractivity contribution is 5.67. The average molecular weight is 272 g/mol. The maximum atomic E-state index is 5.77.